The Balaban J connectivity index is 1.49. The molecule has 0 radical (unpaired) electrons. The first-order chi connectivity index (χ1) is 12.6. The van der Waals surface area contributed by atoms with Crippen LogP contribution in [0, 0.1) is 5.92 Å². The molecule has 1 N–H and O–H groups in total. The van der Waals surface area contributed by atoms with E-state index in [9.17, 15) is 4.79 Å². The smallest absolute Gasteiger partial charge is 0.251 e. The number of nitrogens with one attached hydrogen (secondary N) is 1. The van der Waals surface area contributed by atoms with E-state index in [1.165, 1.54) is 12.0 Å². The van der Waals surface area contributed by atoms with Crippen LogP contribution in [0.15, 0.2) is 42.5 Å². The summed E-state index contributed by atoms with van der Waals surface area (Å²) in [7, 11) is 0. The quantitative estimate of drug-likeness (QED) is 0.772. The lowest BCUT2D eigenvalue weighted by atomic mass is 10.0. The van der Waals surface area contributed by atoms with Gasteiger partial charge in [0.1, 0.15) is 5.82 Å². The van der Waals surface area contributed by atoms with Gasteiger partial charge in [0.2, 0.25) is 0 Å². The largest absolute Gasteiger partial charge is 0.348 e. The van der Waals surface area contributed by atoms with Gasteiger partial charge in [0.15, 0.2) is 0 Å². The van der Waals surface area contributed by atoms with Crippen LogP contribution in [0.2, 0.25) is 0 Å². The monoisotopic (exact) mass is 347 g/mol. The molecule has 1 atom stereocenters. The summed E-state index contributed by atoms with van der Waals surface area (Å²) in [4.78, 5) is 17.3. The van der Waals surface area contributed by atoms with Crippen molar-refractivity contribution in [1.29, 1.82) is 0 Å². The second kappa shape index (κ2) is 6.94. The molecule has 26 heavy (non-hydrogen) atoms. The van der Waals surface area contributed by atoms with E-state index < -0.39 is 0 Å². The summed E-state index contributed by atoms with van der Waals surface area (Å²) in [5.41, 5.74) is 5.16. The lowest BCUT2D eigenvalue weighted by molar-refractivity contribution is 0.0951. The van der Waals surface area contributed by atoms with Crippen molar-refractivity contribution in [3.8, 4) is 0 Å². The lowest BCUT2D eigenvalue weighted by Gasteiger charge is -2.19. The molecule has 0 fully saturated rings. The third kappa shape index (κ3) is 3.24. The predicted octanol–water partition coefficient (Wildman–Crippen LogP) is 4.11. The van der Waals surface area contributed by atoms with Gasteiger partial charge in [-0.05, 0) is 48.1 Å². The van der Waals surface area contributed by atoms with Gasteiger partial charge in [-0.3, -0.25) is 4.79 Å². The fourth-order valence-corrected chi connectivity index (χ4v) is 3.67. The first-order valence-electron chi connectivity index (χ1n) is 9.49. The zero-order chi connectivity index (χ0) is 18.1. The van der Waals surface area contributed by atoms with Crippen molar-refractivity contribution in [3.05, 3.63) is 65.0 Å². The molecule has 1 amide bonds. The van der Waals surface area contributed by atoms with Gasteiger partial charge in [0.05, 0.1) is 11.0 Å². The Hall–Kier alpha value is -2.62. The number of nitrogens with zero attached hydrogens (tertiary/aromatic N) is 2. The number of carbonyl (C=O) groups is 1. The number of hydrogen-bond acceptors (Lipinski definition) is 2. The normalized spacial score (nSPS) is 16.5. The molecule has 1 aromatic heterocycles. The van der Waals surface area contributed by atoms with Crippen molar-refractivity contribution >= 4 is 16.9 Å². The van der Waals surface area contributed by atoms with Gasteiger partial charge in [0, 0.05) is 25.1 Å². The van der Waals surface area contributed by atoms with E-state index in [0.29, 0.717) is 18.0 Å². The third-order valence-corrected chi connectivity index (χ3v) is 5.35. The van der Waals surface area contributed by atoms with Crippen LogP contribution in [0.5, 0.6) is 0 Å². The topological polar surface area (TPSA) is 46.9 Å². The molecule has 4 nitrogen and oxygen atoms in total. The van der Waals surface area contributed by atoms with Gasteiger partial charge in [0.25, 0.3) is 5.91 Å². The second-order valence-corrected chi connectivity index (χ2v) is 7.33. The summed E-state index contributed by atoms with van der Waals surface area (Å²) in [6.45, 7) is 5.97. The molecule has 3 aromatic rings. The molecule has 2 aromatic carbocycles. The molecule has 0 saturated heterocycles. The number of carbonyl (C=O) groups excluding carboxylic acids is 1. The number of amides is 1. The number of rotatable bonds is 4. The summed E-state index contributed by atoms with van der Waals surface area (Å²) in [5, 5.41) is 3.01. The molecule has 1 unspecified atom stereocenters. The van der Waals surface area contributed by atoms with Crippen molar-refractivity contribution in [2.24, 2.45) is 5.92 Å². The highest BCUT2D eigenvalue weighted by Crippen LogP contribution is 2.25. The molecule has 4 heteroatoms. The van der Waals surface area contributed by atoms with E-state index in [1.807, 2.05) is 18.2 Å². The van der Waals surface area contributed by atoms with E-state index in [0.717, 1.165) is 41.8 Å². The second-order valence-electron chi connectivity index (χ2n) is 7.33. The maximum Gasteiger partial charge on any atom is 0.251 e. The Kier molecular flexibility index (Phi) is 4.49. The fraction of sp³-hybridized carbons (Fsp3) is 0.364. The van der Waals surface area contributed by atoms with Crippen LogP contribution in [-0.4, -0.2) is 15.5 Å². The Morgan fingerprint density at radius 3 is 2.73 bits per heavy atom. The standard InChI is InChI=1S/C22H25N3O/c1-3-16-4-6-17(7-5-16)14-23-22(26)18-8-9-20-19(13-18)24-21-12-15(2)10-11-25(20)21/h4-9,13,15H,3,10-12,14H2,1-2H3,(H,23,26). The average Bonchev–Trinajstić information content (AvgIpc) is 3.02. The van der Waals surface area contributed by atoms with Crippen LogP contribution in [0.4, 0.5) is 0 Å². The highest BCUT2D eigenvalue weighted by Gasteiger charge is 2.19. The molecular weight excluding hydrogens is 322 g/mol. The SMILES string of the molecule is CCc1ccc(CNC(=O)c2ccc3c(c2)nc2n3CCC(C)C2)cc1. The van der Waals surface area contributed by atoms with Gasteiger partial charge in [-0.1, -0.05) is 38.1 Å². The number of fused-ring (bicyclic) bond motifs is 3. The molecule has 1 aliphatic rings. The Morgan fingerprint density at radius 1 is 1.19 bits per heavy atom. The van der Waals surface area contributed by atoms with Crippen LogP contribution in [-0.2, 0) is 25.9 Å². The molecule has 134 valence electrons. The summed E-state index contributed by atoms with van der Waals surface area (Å²) in [6.07, 6.45) is 3.24. The van der Waals surface area contributed by atoms with Gasteiger partial charge >= 0.3 is 0 Å². The first-order valence-corrected chi connectivity index (χ1v) is 9.49. The molecular formula is C22H25N3O. The molecule has 0 aliphatic carbocycles. The Labute approximate surface area is 154 Å². The van der Waals surface area contributed by atoms with Crippen LogP contribution in [0.3, 0.4) is 0 Å². The maximum atomic E-state index is 12.5. The van der Waals surface area contributed by atoms with Crippen molar-refractivity contribution in [1.82, 2.24) is 14.9 Å². The molecule has 0 bridgehead atoms. The minimum atomic E-state index is -0.0502. The van der Waals surface area contributed by atoms with E-state index in [1.54, 1.807) is 0 Å². The maximum absolute atomic E-state index is 12.5. The summed E-state index contributed by atoms with van der Waals surface area (Å²) < 4.78 is 2.30. The number of aromatic nitrogens is 2. The number of imidazole rings is 1. The van der Waals surface area contributed by atoms with Crippen molar-refractivity contribution in [2.45, 2.75) is 46.2 Å². The minimum absolute atomic E-state index is 0.0502. The van der Waals surface area contributed by atoms with Gasteiger partial charge < -0.3 is 9.88 Å². The van der Waals surface area contributed by atoms with Gasteiger partial charge in [-0.25, -0.2) is 4.98 Å². The fourth-order valence-electron chi connectivity index (χ4n) is 3.67. The zero-order valence-electron chi connectivity index (χ0n) is 15.5. The zero-order valence-corrected chi connectivity index (χ0v) is 15.5. The highest BCUT2D eigenvalue weighted by atomic mass is 16.1. The van der Waals surface area contributed by atoms with Crippen molar-refractivity contribution in [3.63, 3.8) is 0 Å². The lowest BCUT2D eigenvalue weighted by Crippen LogP contribution is -2.22. The Morgan fingerprint density at radius 2 is 1.96 bits per heavy atom. The van der Waals surface area contributed by atoms with Crippen LogP contribution in [0.25, 0.3) is 11.0 Å². The molecule has 0 spiro atoms. The van der Waals surface area contributed by atoms with E-state index >= 15 is 0 Å². The van der Waals surface area contributed by atoms with Gasteiger partial charge in [-0.2, -0.15) is 0 Å². The Bertz CT molecular complexity index is 940. The van der Waals surface area contributed by atoms with Crippen LogP contribution in [0.1, 0.15) is 47.6 Å². The van der Waals surface area contributed by atoms with Crippen molar-refractivity contribution < 1.29 is 4.79 Å². The van der Waals surface area contributed by atoms with E-state index in [4.69, 9.17) is 4.98 Å². The predicted molar refractivity (Wildman–Crippen MR) is 104 cm³/mol. The third-order valence-electron chi connectivity index (χ3n) is 5.35. The molecule has 0 saturated carbocycles. The van der Waals surface area contributed by atoms with E-state index in [-0.39, 0.29) is 5.91 Å². The molecule has 2 heterocycles. The summed E-state index contributed by atoms with van der Waals surface area (Å²) in [6, 6.07) is 14.2. The minimum Gasteiger partial charge on any atom is -0.348 e. The number of benzene rings is 2. The average molecular weight is 347 g/mol. The molecule has 4 rings (SSSR count). The highest BCUT2D eigenvalue weighted by molar-refractivity contribution is 5.97. The van der Waals surface area contributed by atoms with Crippen LogP contribution >= 0.6 is 0 Å². The summed E-state index contributed by atoms with van der Waals surface area (Å²) in [5.74, 6) is 1.78. The van der Waals surface area contributed by atoms with Crippen LogP contribution < -0.4 is 5.32 Å². The van der Waals surface area contributed by atoms with Crippen molar-refractivity contribution in [2.75, 3.05) is 0 Å². The van der Waals surface area contributed by atoms with E-state index in [2.05, 4.69) is 48.0 Å². The number of aryl methyl sites for hydroxylation is 2. The van der Waals surface area contributed by atoms with Gasteiger partial charge in [-0.15, -0.1) is 0 Å². The summed E-state index contributed by atoms with van der Waals surface area (Å²) >= 11 is 0. The number of hydrogen-bond donors (Lipinski definition) is 1. The first kappa shape index (κ1) is 16.8. The molecule has 1 aliphatic heterocycles.